The van der Waals surface area contributed by atoms with E-state index in [-0.39, 0.29) is 5.97 Å². The Morgan fingerprint density at radius 2 is 1.62 bits per heavy atom. The zero-order valence-corrected chi connectivity index (χ0v) is 15.8. The fraction of sp³-hybridized carbons (Fsp3) is 0.304. The first kappa shape index (κ1) is 19.6. The van der Waals surface area contributed by atoms with E-state index in [2.05, 4.69) is 6.58 Å². The van der Waals surface area contributed by atoms with Gasteiger partial charge in [0.15, 0.2) is 5.54 Å². The summed E-state index contributed by atoms with van der Waals surface area (Å²) >= 11 is 0. The lowest BCUT2D eigenvalue weighted by atomic mass is 9.87. The van der Waals surface area contributed by atoms with Gasteiger partial charge >= 0.3 is 5.97 Å². The minimum atomic E-state index is -1.04. The lowest BCUT2D eigenvalue weighted by Crippen LogP contribution is -2.43. The van der Waals surface area contributed by atoms with Gasteiger partial charge < -0.3 is 4.74 Å². The van der Waals surface area contributed by atoms with E-state index in [4.69, 9.17) is 9.73 Å². The zero-order chi connectivity index (χ0) is 19.0. The molecule has 136 valence electrons. The summed E-state index contributed by atoms with van der Waals surface area (Å²) in [4.78, 5) is 17.8. The Balaban J connectivity index is 2.43. The van der Waals surface area contributed by atoms with Crippen LogP contribution in [0.15, 0.2) is 78.3 Å². The normalized spacial score (nSPS) is 14.0. The molecule has 0 bridgehead atoms. The molecule has 2 rings (SSSR count). The maximum atomic E-state index is 13.1. The molecule has 0 saturated carbocycles. The van der Waals surface area contributed by atoms with Gasteiger partial charge in [-0.05, 0) is 31.9 Å². The Morgan fingerprint density at radius 1 is 1.04 bits per heavy atom. The quantitative estimate of drug-likeness (QED) is 0.401. The summed E-state index contributed by atoms with van der Waals surface area (Å²) in [7, 11) is 0. The molecule has 1 atom stereocenters. The van der Waals surface area contributed by atoms with Gasteiger partial charge in [-0.3, -0.25) is 4.99 Å². The summed E-state index contributed by atoms with van der Waals surface area (Å²) < 4.78 is 5.72. The minimum absolute atomic E-state index is 0.332. The predicted octanol–water partition coefficient (Wildman–Crippen LogP) is 5.00. The van der Waals surface area contributed by atoms with Crippen molar-refractivity contribution in [3.8, 4) is 0 Å². The van der Waals surface area contributed by atoms with Crippen LogP contribution in [0.3, 0.4) is 0 Å². The highest BCUT2D eigenvalue weighted by Crippen LogP contribution is 2.27. The van der Waals surface area contributed by atoms with E-state index >= 15 is 0 Å². The highest BCUT2D eigenvalue weighted by molar-refractivity contribution is 5.87. The Morgan fingerprint density at radius 3 is 2.15 bits per heavy atom. The van der Waals surface area contributed by atoms with E-state index in [1.165, 1.54) is 0 Å². The molecule has 0 amide bonds. The molecule has 0 unspecified atom stereocenters. The van der Waals surface area contributed by atoms with Crippen molar-refractivity contribution in [1.29, 1.82) is 0 Å². The smallest absolute Gasteiger partial charge is 0.335 e. The van der Waals surface area contributed by atoms with E-state index in [9.17, 15) is 4.79 Å². The topological polar surface area (TPSA) is 38.7 Å². The van der Waals surface area contributed by atoms with Gasteiger partial charge in [0.2, 0.25) is 0 Å². The van der Waals surface area contributed by atoms with Crippen molar-refractivity contribution in [2.24, 2.45) is 4.99 Å². The average Bonchev–Trinajstić information content (AvgIpc) is 2.60. The van der Waals surface area contributed by atoms with Crippen LogP contribution in [0, 0.1) is 0 Å². The number of benzene rings is 2. The zero-order valence-electron chi connectivity index (χ0n) is 15.8. The second-order valence-electron chi connectivity index (χ2n) is 7.36. The average molecular weight is 349 g/mol. The Hall–Kier alpha value is -2.68. The monoisotopic (exact) mass is 349 g/mol. The predicted molar refractivity (Wildman–Crippen MR) is 108 cm³/mol. The number of rotatable bonds is 7. The lowest BCUT2D eigenvalue weighted by molar-refractivity contribution is -0.161. The summed E-state index contributed by atoms with van der Waals surface area (Å²) in [5.74, 6) is -0.332. The highest BCUT2D eigenvalue weighted by Gasteiger charge is 2.40. The van der Waals surface area contributed by atoms with Gasteiger partial charge in [-0.15, -0.1) is 6.58 Å². The van der Waals surface area contributed by atoms with Gasteiger partial charge in [0.05, 0.1) is 0 Å². The van der Waals surface area contributed by atoms with Crippen molar-refractivity contribution in [2.45, 2.75) is 44.8 Å². The van der Waals surface area contributed by atoms with Crippen molar-refractivity contribution in [1.82, 2.24) is 0 Å². The third-order valence-electron chi connectivity index (χ3n) is 3.86. The third-order valence-corrected chi connectivity index (χ3v) is 3.86. The van der Waals surface area contributed by atoms with E-state index < -0.39 is 11.1 Å². The number of hydrogen-bond acceptors (Lipinski definition) is 3. The summed E-state index contributed by atoms with van der Waals surface area (Å²) in [6.45, 7) is 9.44. The van der Waals surface area contributed by atoms with Gasteiger partial charge in [-0.2, -0.15) is 0 Å². The van der Waals surface area contributed by atoms with Gasteiger partial charge in [-0.25, -0.2) is 4.79 Å². The number of aliphatic imine (C=N–C) groups is 1. The molecule has 0 saturated heterocycles. The number of carbonyl (C=O) groups is 1. The standard InChI is InChI=1S/C23H27NO2/c1-5-16-23(21(25)26-22(2,3)4,17-19-12-8-6-9-13-19)24-18-20-14-10-7-11-15-20/h5-15,18H,1,16-17H2,2-4H3/t23-/m1/s1. The fourth-order valence-electron chi connectivity index (χ4n) is 2.66. The summed E-state index contributed by atoms with van der Waals surface area (Å²) in [5.41, 5.74) is 0.359. The molecule has 3 heteroatoms. The number of carbonyl (C=O) groups excluding carboxylic acids is 1. The molecule has 0 N–H and O–H groups in total. The first-order chi connectivity index (χ1) is 12.3. The largest absolute Gasteiger partial charge is 0.458 e. The summed E-state index contributed by atoms with van der Waals surface area (Å²) in [6.07, 6.45) is 4.34. The van der Waals surface area contributed by atoms with E-state index in [1.54, 1.807) is 12.3 Å². The molecule has 0 aliphatic carbocycles. The maximum absolute atomic E-state index is 13.1. The maximum Gasteiger partial charge on any atom is 0.335 e. The van der Waals surface area contributed by atoms with Crippen molar-refractivity contribution < 1.29 is 9.53 Å². The lowest BCUT2D eigenvalue weighted by Gasteiger charge is -2.31. The van der Waals surface area contributed by atoms with E-state index in [1.807, 2.05) is 81.4 Å². The van der Waals surface area contributed by atoms with Crippen LogP contribution in [0.5, 0.6) is 0 Å². The van der Waals surface area contributed by atoms with Gasteiger partial charge in [-0.1, -0.05) is 66.7 Å². The van der Waals surface area contributed by atoms with Crippen LogP contribution < -0.4 is 0 Å². The molecule has 0 aromatic heterocycles. The van der Waals surface area contributed by atoms with Crippen molar-refractivity contribution in [2.75, 3.05) is 0 Å². The molecule has 0 heterocycles. The number of nitrogens with zero attached hydrogens (tertiary/aromatic N) is 1. The minimum Gasteiger partial charge on any atom is -0.458 e. The molecular weight excluding hydrogens is 322 g/mol. The molecule has 0 aliphatic rings. The van der Waals surface area contributed by atoms with Crippen molar-refractivity contribution in [3.63, 3.8) is 0 Å². The van der Waals surface area contributed by atoms with Crippen molar-refractivity contribution >= 4 is 12.2 Å². The van der Waals surface area contributed by atoms with E-state index in [0.717, 1.165) is 11.1 Å². The number of hydrogen-bond donors (Lipinski definition) is 0. The van der Waals surface area contributed by atoms with Gasteiger partial charge in [0.25, 0.3) is 0 Å². The third kappa shape index (κ3) is 5.69. The molecule has 3 nitrogen and oxygen atoms in total. The first-order valence-corrected chi connectivity index (χ1v) is 8.83. The Bertz CT molecular complexity index is 745. The summed E-state index contributed by atoms with van der Waals surface area (Å²) in [5, 5.41) is 0. The molecule has 0 fully saturated rings. The van der Waals surface area contributed by atoms with Crippen LogP contribution in [0.1, 0.15) is 38.3 Å². The second kappa shape index (κ2) is 8.61. The van der Waals surface area contributed by atoms with Crippen LogP contribution >= 0.6 is 0 Å². The summed E-state index contributed by atoms with van der Waals surface area (Å²) in [6, 6.07) is 19.6. The SMILES string of the molecule is C=CC[C@](Cc1ccccc1)(N=Cc1ccccc1)C(=O)OC(C)(C)C. The van der Waals surface area contributed by atoms with Gasteiger partial charge in [0.1, 0.15) is 5.60 Å². The van der Waals surface area contributed by atoms with Crippen LogP contribution in [0.25, 0.3) is 0 Å². The molecular formula is C23H27NO2. The van der Waals surface area contributed by atoms with Crippen molar-refractivity contribution in [3.05, 3.63) is 84.4 Å². The molecule has 0 spiro atoms. The van der Waals surface area contributed by atoms with Gasteiger partial charge in [0, 0.05) is 19.1 Å². The molecule has 26 heavy (non-hydrogen) atoms. The van der Waals surface area contributed by atoms with Crippen LogP contribution in [-0.2, 0) is 16.0 Å². The van der Waals surface area contributed by atoms with Crippen LogP contribution in [0.4, 0.5) is 0 Å². The second-order valence-corrected chi connectivity index (χ2v) is 7.36. The Labute approximate surface area is 156 Å². The first-order valence-electron chi connectivity index (χ1n) is 8.83. The van der Waals surface area contributed by atoms with Crippen LogP contribution in [-0.4, -0.2) is 23.3 Å². The molecule has 0 aliphatic heterocycles. The molecule has 2 aromatic carbocycles. The van der Waals surface area contributed by atoms with E-state index in [0.29, 0.717) is 12.8 Å². The van der Waals surface area contributed by atoms with Crippen LogP contribution in [0.2, 0.25) is 0 Å². The Kier molecular flexibility index (Phi) is 6.51. The molecule has 0 radical (unpaired) electrons. The number of ether oxygens (including phenoxy) is 1. The number of esters is 1. The highest BCUT2D eigenvalue weighted by atomic mass is 16.6. The molecule has 2 aromatic rings. The fourth-order valence-corrected chi connectivity index (χ4v) is 2.66.